The van der Waals surface area contributed by atoms with Crippen molar-refractivity contribution < 1.29 is 19.4 Å². The van der Waals surface area contributed by atoms with Crippen molar-refractivity contribution in [2.24, 2.45) is 0 Å². The molecule has 0 aliphatic carbocycles. The monoisotopic (exact) mass is 522 g/mol. The number of amides is 1. The van der Waals surface area contributed by atoms with E-state index in [1.807, 2.05) is 72.8 Å². The van der Waals surface area contributed by atoms with Crippen LogP contribution in [0.4, 0.5) is 5.69 Å². The topological polar surface area (TPSA) is 71.0 Å². The largest absolute Gasteiger partial charge is 0.392 e. The van der Waals surface area contributed by atoms with E-state index in [4.69, 9.17) is 9.47 Å². The summed E-state index contributed by atoms with van der Waals surface area (Å²) in [6, 6.07) is 35.1. The molecule has 0 aromatic heterocycles. The van der Waals surface area contributed by atoms with E-state index in [-0.39, 0.29) is 24.7 Å². The number of carbonyl (C=O) groups is 1. The lowest BCUT2D eigenvalue weighted by atomic mass is 9.99. The van der Waals surface area contributed by atoms with Crippen LogP contribution in [0.2, 0.25) is 0 Å². The summed E-state index contributed by atoms with van der Waals surface area (Å²) in [7, 11) is 2.10. The highest BCUT2D eigenvalue weighted by atomic mass is 16.7. The van der Waals surface area contributed by atoms with E-state index in [1.165, 1.54) is 5.56 Å². The Bertz CT molecular complexity index is 1350. The van der Waals surface area contributed by atoms with Gasteiger partial charge in [0, 0.05) is 36.3 Å². The van der Waals surface area contributed by atoms with Crippen molar-refractivity contribution >= 4 is 11.6 Å². The summed E-state index contributed by atoms with van der Waals surface area (Å²) in [6.07, 6.45) is -0.125. The molecule has 39 heavy (non-hydrogen) atoms. The van der Waals surface area contributed by atoms with Crippen molar-refractivity contribution in [3.63, 3.8) is 0 Å². The summed E-state index contributed by atoms with van der Waals surface area (Å²) < 4.78 is 13.0. The molecule has 0 saturated carbocycles. The number of nitrogens with one attached hydrogen (secondary N) is 1. The third kappa shape index (κ3) is 7.19. The van der Waals surface area contributed by atoms with Gasteiger partial charge in [0.2, 0.25) is 0 Å². The van der Waals surface area contributed by atoms with Gasteiger partial charge >= 0.3 is 0 Å². The standard InChI is InChI=1S/C33H34N2O4/c1-35(21-24-9-4-2-5-10-24)22-30-20-31(26-17-15-25(23-36)16-18-26)39-33(38-30)28-13-8-14-29(19-28)34-32(37)27-11-6-3-7-12-27/h2-19,30-31,33,36H,20-23H2,1H3,(H,34,37). The lowest BCUT2D eigenvalue weighted by Gasteiger charge is -2.38. The maximum atomic E-state index is 12.7. The Hall–Kier alpha value is -3.81. The van der Waals surface area contributed by atoms with Crippen molar-refractivity contribution in [1.82, 2.24) is 4.90 Å². The lowest BCUT2D eigenvalue weighted by molar-refractivity contribution is -0.252. The molecule has 6 nitrogen and oxygen atoms in total. The van der Waals surface area contributed by atoms with E-state index < -0.39 is 6.29 Å². The number of anilines is 1. The molecule has 3 unspecified atom stereocenters. The van der Waals surface area contributed by atoms with Crippen LogP contribution in [-0.2, 0) is 22.6 Å². The Kier molecular flexibility index (Phi) is 8.81. The molecule has 1 aliphatic heterocycles. The number of benzene rings is 4. The number of hydrogen-bond donors (Lipinski definition) is 2. The summed E-state index contributed by atoms with van der Waals surface area (Å²) in [5.74, 6) is -0.166. The van der Waals surface area contributed by atoms with Gasteiger partial charge in [0.25, 0.3) is 5.91 Å². The molecular formula is C33H34N2O4. The highest BCUT2D eigenvalue weighted by Crippen LogP contribution is 2.38. The van der Waals surface area contributed by atoms with E-state index in [0.29, 0.717) is 17.7 Å². The Morgan fingerprint density at radius 3 is 2.28 bits per heavy atom. The lowest BCUT2D eigenvalue weighted by Crippen LogP contribution is -2.37. The number of carbonyl (C=O) groups excluding carboxylic acids is 1. The minimum Gasteiger partial charge on any atom is -0.392 e. The quantitative estimate of drug-likeness (QED) is 0.278. The Morgan fingerprint density at radius 2 is 1.56 bits per heavy atom. The molecule has 1 heterocycles. The predicted octanol–water partition coefficient (Wildman–Crippen LogP) is 6.11. The highest BCUT2D eigenvalue weighted by molar-refractivity contribution is 6.04. The van der Waals surface area contributed by atoms with Gasteiger partial charge in [-0.05, 0) is 48.0 Å². The molecule has 4 aromatic rings. The van der Waals surface area contributed by atoms with E-state index in [2.05, 4.69) is 41.5 Å². The zero-order valence-electron chi connectivity index (χ0n) is 22.1. The number of rotatable bonds is 9. The van der Waals surface area contributed by atoms with Crippen molar-refractivity contribution in [2.45, 2.75) is 38.1 Å². The molecule has 200 valence electrons. The van der Waals surface area contributed by atoms with Crippen LogP contribution in [0.3, 0.4) is 0 Å². The van der Waals surface area contributed by atoms with Gasteiger partial charge < -0.3 is 19.9 Å². The SMILES string of the molecule is CN(Cc1ccccc1)CC1CC(c2ccc(CO)cc2)OC(c2cccc(NC(=O)c3ccccc3)c2)O1. The first-order chi connectivity index (χ1) is 19.1. The van der Waals surface area contributed by atoms with Crippen LogP contribution in [0.1, 0.15) is 51.4 Å². The van der Waals surface area contributed by atoms with Gasteiger partial charge in [-0.25, -0.2) is 0 Å². The second kappa shape index (κ2) is 12.8. The maximum absolute atomic E-state index is 12.7. The van der Waals surface area contributed by atoms with Crippen molar-refractivity contribution in [3.8, 4) is 0 Å². The van der Waals surface area contributed by atoms with Gasteiger partial charge in [0.05, 0.1) is 18.8 Å². The van der Waals surface area contributed by atoms with Crippen LogP contribution < -0.4 is 5.32 Å². The van der Waals surface area contributed by atoms with Crippen LogP contribution >= 0.6 is 0 Å². The summed E-state index contributed by atoms with van der Waals surface area (Å²) in [5, 5.41) is 12.4. The third-order valence-corrected chi connectivity index (χ3v) is 6.88. The fourth-order valence-corrected chi connectivity index (χ4v) is 4.90. The normalized spacial score (nSPS) is 19.1. The summed E-state index contributed by atoms with van der Waals surface area (Å²) in [4.78, 5) is 15.0. The van der Waals surface area contributed by atoms with Gasteiger partial charge in [-0.1, -0.05) is 84.9 Å². The molecule has 6 heteroatoms. The zero-order valence-corrected chi connectivity index (χ0v) is 22.1. The first-order valence-corrected chi connectivity index (χ1v) is 13.3. The highest BCUT2D eigenvalue weighted by Gasteiger charge is 2.33. The maximum Gasteiger partial charge on any atom is 0.255 e. The number of ether oxygens (including phenoxy) is 2. The molecule has 5 rings (SSSR count). The molecule has 2 N–H and O–H groups in total. The van der Waals surface area contributed by atoms with Gasteiger partial charge in [-0.2, -0.15) is 0 Å². The number of likely N-dealkylation sites (N-methyl/N-ethyl adjacent to an activating group) is 1. The van der Waals surface area contributed by atoms with Crippen molar-refractivity contribution in [1.29, 1.82) is 0 Å². The fourth-order valence-electron chi connectivity index (χ4n) is 4.90. The summed E-state index contributed by atoms with van der Waals surface area (Å²) >= 11 is 0. The Morgan fingerprint density at radius 1 is 0.846 bits per heavy atom. The van der Waals surface area contributed by atoms with E-state index in [0.717, 1.165) is 29.8 Å². The minimum absolute atomic E-state index is 0.00589. The molecular weight excluding hydrogens is 488 g/mol. The van der Waals surface area contributed by atoms with Gasteiger partial charge in [-0.3, -0.25) is 9.69 Å². The first-order valence-electron chi connectivity index (χ1n) is 13.3. The van der Waals surface area contributed by atoms with Crippen LogP contribution in [-0.4, -0.2) is 35.6 Å². The van der Waals surface area contributed by atoms with E-state index in [1.54, 1.807) is 12.1 Å². The van der Waals surface area contributed by atoms with E-state index >= 15 is 0 Å². The fraction of sp³-hybridized carbons (Fsp3) is 0.242. The molecule has 1 aliphatic rings. The third-order valence-electron chi connectivity index (χ3n) is 6.88. The summed E-state index contributed by atoms with van der Waals surface area (Å²) in [5.41, 5.74) is 5.28. The molecule has 3 atom stereocenters. The van der Waals surface area contributed by atoms with E-state index in [9.17, 15) is 9.90 Å². The number of aliphatic hydroxyl groups is 1. The second-order valence-electron chi connectivity index (χ2n) is 9.98. The number of hydrogen-bond acceptors (Lipinski definition) is 5. The van der Waals surface area contributed by atoms with Gasteiger partial charge in [0.15, 0.2) is 6.29 Å². The molecule has 0 bridgehead atoms. The van der Waals surface area contributed by atoms with Crippen LogP contribution in [0.5, 0.6) is 0 Å². The molecule has 4 aromatic carbocycles. The second-order valence-corrected chi connectivity index (χ2v) is 9.98. The Balaban J connectivity index is 1.34. The number of aliphatic hydroxyl groups excluding tert-OH is 1. The number of nitrogens with zero attached hydrogens (tertiary/aromatic N) is 1. The van der Waals surface area contributed by atoms with Gasteiger partial charge in [0.1, 0.15) is 0 Å². The average Bonchev–Trinajstić information content (AvgIpc) is 2.98. The molecule has 1 amide bonds. The van der Waals surface area contributed by atoms with Gasteiger partial charge in [-0.15, -0.1) is 0 Å². The van der Waals surface area contributed by atoms with Crippen LogP contribution in [0.25, 0.3) is 0 Å². The van der Waals surface area contributed by atoms with Crippen molar-refractivity contribution in [3.05, 3.63) is 137 Å². The smallest absolute Gasteiger partial charge is 0.255 e. The van der Waals surface area contributed by atoms with Crippen molar-refractivity contribution in [2.75, 3.05) is 18.9 Å². The average molecular weight is 523 g/mol. The molecule has 1 saturated heterocycles. The van der Waals surface area contributed by atoms with Crippen LogP contribution in [0.15, 0.2) is 109 Å². The first kappa shape index (κ1) is 26.8. The predicted molar refractivity (Wildman–Crippen MR) is 152 cm³/mol. The molecule has 0 radical (unpaired) electrons. The Labute approximate surface area is 229 Å². The van der Waals surface area contributed by atoms with Crippen LogP contribution in [0, 0.1) is 0 Å². The minimum atomic E-state index is -0.593. The molecule has 1 fully saturated rings. The summed E-state index contributed by atoms with van der Waals surface area (Å²) in [6.45, 7) is 1.57. The zero-order chi connectivity index (χ0) is 27.0. The molecule has 0 spiro atoms.